The summed E-state index contributed by atoms with van der Waals surface area (Å²) >= 11 is -5.41. The maximum absolute atomic E-state index is 13.9. The molecular formula is C10H8F7IO4S. The first-order valence-corrected chi connectivity index (χ1v) is 9.71. The van der Waals surface area contributed by atoms with Crippen LogP contribution in [-0.4, -0.2) is 31.6 Å². The van der Waals surface area contributed by atoms with E-state index in [9.17, 15) is 39.2 Å². The monoisotopic (exact) mass is 484 g/mol. The van der Waals surface area contributed by atoms with E-state index in [1.807, 2.05) is 0 Å². The van der Waals surface area contributed by atoms with Crippen LogP contribution in [0.3, 0.4) is 0 Å². The van der Waals surface area contributed by atoms with Gasteiger partial charge in [-0.3, -0.25) is 0 Å². The molecule has 0 heterocycles. The van der Waals surface area contributed by atoms with Gasteiger partial charge in [-0.05, 0) is 0 Å². The van der Waals surface area contributed by atoms with Crippen molar-refractivity contribution < 1.29 is 45.8 Å². The van der Waals surface area contributed by atoms with Gasteiger partial charge in [0.05, 0.1) is 0 Å². The second-order valence-electron chi connectivity index (χ2n) is 3.75. The Morgan fingerprint density at radius 1 is 0.957 bits per heavy atom. The predicted molar refractivity (Wildman–Crippen MR) is 72.1 cm³/mol. The summed E-state index contributed by atoms with van der Waals surface area (Å²) in [7, 11) is -4.69. The Balaban J connectivity index is 3.45. The third-order valence-corrected chi connectivity index (χ3v) is 9.05. The first-order valence-electron chi connectivity index (χ1n) is 5.34. The van der Waals surface area contributed by atoms with Crippen LogP contribution < -0.4 is 0 Å². The minimum absolute atomic E-state index is 0.481. The van der Waals surface area contributed by atoms with Gasteiger partial charge in [0.2, 0.25) is 0 Å². The van der Waals surface area contributed by atoms with Crippen LogP contribution in [0.15, 0.2) is 30.3 Å². The van der Waals surface area contributed by atoms with Gasteiger partial charge in [-0.1, -0.05) is 0 Å². The number of rotatable bonds is 6. The summed E-state index contributed by atoms with van der Waals surface area (Å²) < 4.78 is 114. The van der Waals surface area contributed by atoms with Crippen LogP contribution in [0.5, 0.6) is 0 Å². The molecule has 0 aliphatic carbocycles. The molecule has 13 heteroatoms. The van der Waals surface area contributed by atoms with E-state index >= 15 is 0 Å². The first kappa shape index (κ1) is 20.4. The minimum atomic E-state index is -6.60. The number of hydrogen-bond acceptors (Lipinski definition) is 4. The van der Waals surface area contributed by atoms with Crippen LogP contribution in [0, 0.1) is 3.57 Å². The zero-order chi connectivity index (χ0) is 18.1. The molecule has 0 unspecified atom stereocenters. The van der Waals surface area contributed by atoms with Crippen LogP contribution in [0.1, 0.15) is 0 Å². The Bertz CT molecular complexity index is 632. The molecule has 0 aliphatic rings. The van der Waals surface area contributed by atoms with Crippen LogP contribution in [0.25, 0.3) is 0 Å². The number of benzene rings is 1. The van der Waals surface area contributed by atoms with Crippen molar-refractivity contribution in [3.8, 4) is 0 Å². The van der Waals surface area contributed by atoms with Crippen molar-refractivity contribution >= 4 is 30.6 Å². The summed E-state index contributed by atoms with van der Waals surface area (Å²) in [6, 6.07) is 4.93. The molecule has 0 saturated heterocycles. The summed E-state index contributed by atoms with van der Waals surface area (Å²) in [6.45, 7) is 0. The van der Waals surface area contributed by atoms with E-state index in [4.69, 9.17) is 0 Å². The van der Waals surface area contributed by atoms with E-state index in [0.29, 0.717) is 7.11 Å². The molecule has 1 rings (SSSR count). The normalized spacial score (nSPS) is 14.7. The van der Waals surface area contributed by atoms with Gasteiger partial charge in [0.1, 0.15) is 0 Å². The molecule has 0 saturated carbocycles. The molecule has 0 atom stereocenters. The molecule has 134 valence electrons. The van der Waals surface area contributed by atoms with Crippen molar-refractivity contribution in [2.75, 3.05) is 7.11 Å². The fourth-order valence-corrected chi connectivity index (χ4v) is 7.30. The standard InChI is InChI=1S/C10H8F7IO4S/c1-21-23(19,20)22-18(7-5-3-2-4-6-7)10(16,17)8(11,12)9(13,14)15/h2-6H,1H3. The molecular weight excluding hydrogens is 476 g/mol. The maximum atomic E-state index is 13.9. The Morgan fingerprint density at radius 3 is 1.83 bits per heavy atom. The fraction of sp³-hybridized carbons (Fsp3) is 0.400. The molecule has 23 heavy (non-hydrogen) atoms. The summed E-state index contributed by atoms with van der Waals surface area (Å²) in [5.74, 6) is -6.48. The topological polar surface area (TPSA) is 52.6 Å². The molecule has 4 nitrogen and oxygen atoms in total. The van der Waals surface area contributed by atoms with Gasteiger partial charge in [0.25, 0.3) is 0 Å². The van der Waals surface area contributed by atoms with Crippen LogP contribution in [0.4, 0.5) is 30.7 Å². The summed E-state index contributed by atoms with van der Waals surface area (Å²) in [5, 5.41) is 0. The van der Waals surface area contributed by atoms with E-state index in [1.165, 1.54) is 6.07 Å². The molecule has 0 radical (unpaired) electrons. The van der Waals surface area contributed by atoms with Crippen LogP contribution >= 0.6 is 20.2 Å². The van der Waals surface area contributed by atoms with Crippen molar-refractivity contribution in [1.29, 1.82) is 0 Å². The Hall–Kier alpha value is -0.670. The SMILES string of the molecule is COS(=O)(=O)OI(c1ccccc1)C(F)(F)C(F)(F)C(F)(F)F. The molecule has 0 N–H and O–H groups in total. The van der Waals surface area contributed by atoms with E-state index in [1.54, 1.807) is 0 Å². The molecule has 1 aromatic rings. The predicted octanol–water partition coefficient (Wildman–Crippen LogP) is 3.98. The summed E-state index contributed by atoms with van der Waals surface area (Å²) in [5.41, 5.74) is 0. The van der Waals surface area contributed by atoms with E-state index in [0.717, 1.165) is 24.3 Å². The van der Waals surface area contributed by atoms with Gasteiger partial charge < -0.3 is 0 Å². The van der Waals surface area contributed by atoms with Crippen LogP contribution in [0.2, 0.25) is 0 Å². The Kier molecular flexibility index (Phi) is 5.92. The van der Waals surface area contributed by atoms with E-state index in [2.05, 4.69) is 6.70 Å². The molecule has 0 aliphatic heterocycles. The average Bonchev–Trinajstić information content (AvgIpc) is 2.44. The van der Waals surface area contributed by atoms with Crippen molar-refractivity contribution in [1.82, 2.24) is 0 Å². The van der Waals surface area contributed by atoms with Crippen molar-refractivity contribution in [3.63, 3.8) is 0 Å². The zero-order valence-electron chi connectivity index (χ0n) is 11.0. The average molecular weight is 484 g/mol. The molecule has 0 bridgehead atoms. The third kappa shape index (κ3) is 4.24. The van der Waals surface area contributed by atoms with Gasteiger partial charge in [-0.25, -0.2) is 0 Å². The van der Waals surface area contributed by atoms with Crippen molar-refractivity contribution in [2.24, 2.45) is 0 Å². The Labute approximate surface area is 133 Å². The molecule has 0 amide bonds. The third-order valence-electron chi connectivity index (χ3n) is 2.20. The summed E-state index contributed by atoms with van der Waals surface area (Å²) in [4.78, 5) is 0. The number of hydrogen-bond donors (Lipinski definition) is 0. The van der Waals surface area contributed by atoms with Crippen molar-refractivity contribution in [2.45, 2.75) is 16.0 Å². The van der Waals surface area contributed by atoms with Gasteiger partial charge in [0, 0.05) is 0 Å². The van der Waals surface area contributed by atoms with Gasteiger partial charge in [-0.2, -0.15) is 0 Å². The molecule has 0 aromatic heterocycles. The molecule has 1 aromatic carbocycles. The fourth-order valence-electron chi connectivity index (χ4n) is 1.11. The zero-order valence-corrected chi connectivity index (χ0v) is 13.9. The van der Waals surface area contributed by atoms with Gasteiger partial charge in [-0.15, -0.1) is 0 Å². The van der Waals surface area contributed by atoms with Gasteiger partial charge >= 0.3 is 134 Å². The second kappa shape index (κ2) is 6.68. The van der Waals surface area contributed by atoms with E-state index in [-0.39, 0.29) is 0 Å². The number of halogens is 8. The quantitative estimate of drug-likeness (QED) is 0.349. The Morgan fingerprint density at radius 2 is 1.43 bits per heavy atom. The van der Waals surface area contributed by atoms with Crippen LogP contribution in [-0.2, 0) is 17.1 Å². The van der Waals surface area contributed by atoms with Gasteiger partial charge in [0.15, 0.2) is 0 Å². The van der Waals surface area contributed by atoms with Crippen molar-refractivity contribution in [3.05, 3.63) is 33.9 Å². The second-order valence-corrected chi connectivity index (χ2v) is 10.1. The number of alkyl halides is 8. The summed E-state index contributed by atoms with van der Waals surface area (Å²) in [6.07, 6.45) is -6.60. The molecule has 0 spiro atoms. The van der Waals surface area contributed by atoms with E-state index < -0.39 is 50.2 Å². The molecule has 0 fully saturated rings. The first-order chi connectivity index (χ1) is 10.3.